The van der Waals surface area contributed by atoms with Gasteiger partial charge in [-0.3, -0.25) is 4.79 Å². The first-order chi connectivity index (χ1) is 9.76. The summed E-state index contributed by atoms with van der Waals surface area (Å²) in [6.07, 6.45) is 3.37. The number of carboxylic acid groups (broad SMARTS) is 1. The van der Waals surface area contributed by atoms with Crippen LogP contribution >= 0.6 is 0 Å². The molecule has 0 aliphatic carbocycles. The third-order valence-corrected chi connectivity index (χ3v) is 3.42. The van der Waals surface area contributed by atoms with Gasteiger partial charge in [-0.25, -0.2) is 4.79 Å². The van der Waals surface area contributed by atoms with Gasteiger partial charge in [0.1, 0.15) is 5.60 Å². The van der Waals surface area contributed by atoms with Gasteiger partial charge in [-0.05, 0) is 53.0 Å². The second kappa shape index (κ2) is 8.22. The lowest BCUT2D eigenvalue weighted by Crippen LogP contribution is -2.46. The molecule has 122 valence electrons. The summed E-state index contributed by atoms with van der Waals surface area (Å²) in [4.78, 5) is 24.4. The quantitative estimate of drug-likeness (QED) is 0.735. The highest BCUT2D eigenvalue weighted by molar-refractivity contribution is 5.68. The maximum absolute atomic E-state index is 11.7. The fourth-order valence-corrected chi connectivity index (χ4v) is 2.39. The Morgan fingerprint density at radius 1 is 1.24 bits per heavy atom. The molecule has 1 aliphatic heterocycles. The van der Waals surface area contributed by atoms with Crippen molar-refractivity contribution >= 4 is 12.1 Å². The molecule has 2 N–H and O–H groups in total. The first-order valence-corrected chi connectivity index (χ1v) is 7.70. The van der Waals surface area contributed by atoms with Crippen molar-refractivity contribution in [2.45, 2.75) is 64.5 Å². The standard InChI is InChI=1S/C15H28N2O4/c1-15(2,3)21-14(20)16-12-7-10-17(11-8-12)9-5-4-6-13(18)19/h12H,4-11H2,1-3H3,(H,16,20)(H,18,19). The zero-order chi connectivity index (χ0) is 15.9. The summed E-state index contributed by atoms with van der Waals surface area (Å²) < 4.78 is 5.25. The summed E-state index contributed by atoms with van der Waals surface area (Å²) in [5.41, 5.74) is -0.463. The van der Waals surface area contributed by atoms with Crippen molar-refractivity contribution in [3.05, 3.63) is 0 Å². The van der Waals surface area contributed by atoms with Crippen LogP contribution < -0.4 is 5.32 Å². The Kier molecular flexibility index (Phi) is 6.95. The number of aliphatic carboxylic acids is 1. The molecule has 0 aromatic carbocycles. The van der Waals surface area contributed by atoms with Gasteiger partial charge >= 0.3 is 12.1 Å². The number of ether oxygens (including phenoxy) is 1. The van der Waals surface area contributed by atoms with Crippen molar-refractivity contribution < 1.29 is 19.4 Å². The number of piperidine rings is 1. The van der Waals surface area contributed by atoms with Crippen LogP contribution in [0.25, 0.3) is 0 Å². The van der Waals surface area contributed by atoms with E-state index in [0.717, 1.165) is 45.3 Å². The molecule has 0 spiro atoms. The summed E-state index contributed by atoms with van der Waals surface area (Å²) in [7, 11) is 0. The monoisotopic (exact) mass is 300 g/mol. The van der Waals surface area contributed by atoms with E-state index in [2.05, 4.69) is 10.2 Å². The van der Waals surface area contributed by atoms with Crippen LogP contribution in [0.15, 0.2) is 0 Å². The van der Waals surface area contributed by atoms with E-state index in [0.29, 0.717) is 0 Å². The van der Waals surface area contributed by atoms with Crippen LogP contribution in [0.2, 0.25) is 0 Å². The zero-order valence-corrected chi connectivity index (χ0v) is 13.4. The number of rotatable bonds is 6. The van der Waals surface area contributed by atoms with Crippen molar-refractivity contribution in [3.63, 3.8) is 0 Å². The number of hydrogen-bond acceptors (Lipinski definition) is 4. The number of nitrogens with zero attached hydrogens (tertiary/aromatic N) is 1. The molecule has 0 aromatic rings. The third-order valence-electron chi connectivity index (χ3n) is 3.42. The average Bonchev–Trinajstić information content (AvgIpc) is 2.34. The second-order valence-electron chi connectivity index (χ2n) is 6.61. The molecule has 1 rings (SSSR count). The van der Waals surface area contributed by atoms with Gasteiger partial charge in [0, 0.05) is 25.6 Å². The van der Waals surface area contributed by atoms with Crippen LogP contribution in [-0.4, -0.2) is 53.3 Å². The maximum atomic E-state index is 11.7. The van der Waals surface area contributed by atoms with Gasteiger partial charge in [0.2, 0.25) is 0 Å². The van der Waals surface area contributed by atoms with E-state index in [1.165, 1.54) is 0 Å². The Morgan fingerprint density at radius 2 is 1.86 bits per heavy atom. The molecule has 0 unspecified atom stereocenters. The molecule has 1 amide bonds. The number of likely N-dealkylation sites (tertiary alicyclic amines) is 1. The largest absolute Gasteiger partial charge is 0.481 e. The highest BCUT2D eigenvalue weighted by Crippen LogP contribution is 2.13. The van der Waals surface area contributed by atoms with E-state index in [-0.39, 0.29) is 18.6 Å². The molecular formula is C15H28N2O4. The molecule has 0 atom stereocenters. The number of nitrogens with one attached hydrogen (secondary N) is 1. The van der Waals surface area contributed by atoms with E-state index in [1.807, 2.05) is 20.8 Å². The molecular weight excluding hydrogens is 272 g/mol. The summed E-state index contributed by atoms with van der Waals surface area (Å²) in [5, 5.41) is 11.5. The van der Waals surface area contributed by atoms with Crippen LogP contribution in [0.3, 0.4) is 0 Å². The van der Waals surface area contributed by atoms with Crippen LogP contribution in [0.5, 0.6) is 0 Å². The van der Waals surface area contributed by atoms with Crippen LogP contribution in [0.4, 0.5) is 4.79 Å². The van der Waals surface area contributed by atoms with E-state index in [1.54, 1.807) is 0 Å². The normalized spacial score (nSPS) is 17.5. The molecule has 0 saturated carbocycles. The van der Waals surface area contributed by atoms with E-state index in [9.17, 15) is 9.59 Å². The van der Waals surface area contributed by atoms with Crippen molar-refractivity contribution in [1.82, 2.24) is 10.2 Å². The lowest BCUT2D eigenvalue weighted by molar-refractivity contribution is -0.137. The lowest BCUT2D eigenvalue weighted by atomic mass is 10.0. The van der Waals surface area contributed by atoms with Crippen LogP contribution in [-0.2, 0) is 9.53 Å². The summed E-state index contributed by atoms with van der Waals surface area (Å²) >= 11 is 0. The number of carbonyl (C=O) groups excluding carboxylic acids is 1. The Bertz CT molecular complexity index is 344. The van der Waals surface area contributed by atoms with Gasteiger partial charge in [-0.15, -0.1) is 0 Å². The Morgan fingerprint density at radius 3 is 2.38 bits per heavy atom. The molecule has 1 fully saturated rings. The first kappa shape index (κ1) is 17.8. The number of hydrogen-bond donors (Lipinski definition) is 2. The van der Waals surface area contributed by atoms with Gasteiger partial charge in [-0.2, -0.15) is 0 Å². The SMILES string of the molecule is CC(C)(C)OC(=O)NC1CCN(CCCCC(=O)O)CC1. The molecule has 0 bridgehead atoms. The Labute approximate surface area is 126 Å². The Balaban J connectivity index is 2.14. The topological polar surface area (TPSA) is 78.9 Å². The van der Waals surface area contributed by atoms with E-state index < -0.39 is 11.6 Å². The zero-order valence-electron chi connectivity index (χ0n) is 13.4. The lowest BCUT2D eigenvalue weighted by Gasteiger charge is -2.32. The molecule has 1 aliphatic rings. The first-order valence-electron chi connectivity index (χ1n) is 7.70. The van der Waals surface area contributed by atoms with Crippen molar-refractivity contribution in [2.75, 3.05) is 19.6 Å². The van der Waals surface area contributed by atoms with Crippen LogP contribution in [0, 0.1) is 0 Å². The minimum absolute atomic E-state index is 0.176. The van der Waals surface area contributed by atoms with Gasteiger partial charge in [0.15, 0.2) is 0 Å². The predicted octanol–water partition coefficient (Wildman–Crippen LogP) is 2.23. The summed E-state index contributed by atoms with van der Waals surface area (Å²) in [5.74, 6) is -0.727. The number of carboxylic acids is 1. The minimum atomic E-state index is -0.727. The predicted molar refractivity (Wildman–Crippen MR) is 80.3 cm³/mol. The highest BCUT2D eigenvalue weighted by atomic mass is 16.6. The Hall–Kier alpha value is -1.30. The maximum Gasteiger partial charge on any atom is 0.407 e. The summed E-state index contributed by atoms with van der Waals surface area (Å²) in [6, 6.07) is 0.176. The van der Waals surface area contributed by atoms with Gasteiger partial charge < -0.3 is 20.1 Å². The minimum Gasteiger partial charge on any atom is -0.481 e. The summed E-state index contributed by atoms with van der Waals surface area (Å²) in [6.45, 7) is 8.37. The molecule has 6 heteroatoms. The number of carbonyl (C=O) groups is 2. The number of amides is 1. The van der Waals surface area contributed by atoms with Crippen LogP contribution in [0.1, 0.15) is 52.9 Å². The molecule has 0 aromatic heterocycles. The third kappa shape index (κ3) is 8.55. The molecule has 1 heterocycles. The molecule has 1 saturated heterocycles. The van der Waals surface area contributed by atoms with Gasteiger partial charge in [-0.1, -0.05) is 0 Å². The van der Waals surface area contributed by atoms with Crippen molar-refractivity contribution in [1.29, 1.82) is 0 Å². The molecule has 21 heavy (non-hydrogen) atoms. The smallest absolute Gasteiger partial charge is 0.407 e. The van der Waals surface area contributed by atoms with Crippen molar-refractivity contribution in [2.24, 2.45) is 0 Å². The van der Waals surface area contributed by atoms with Gasteiger partial charge in [0.25, 0.3) is 0 Å². The fraction of sp³-hybridized carbons (Fsp3) is 0.867. The van der Waals surface area contributed by atoms with Crippen molar-refractivity contribution in [3.8, 4) is 0 Å². The number of unbranched alkanes of at least 4 members (excludes halogenated alkanes) is 1. The fourth-order valence-electron chi connectivity index (χ4n) is 2.39. The van der Waals surface area contributed by atoms with E-state index >= 15 is 0 Å². The van der Waals surface area contributed by atoms with E-state index in [4.69, 9.17) is 9.84 Å². The highest BCUT2D eigenvalue weighted by Gasteiger charge is 2.23. The van der Waals surface area contributed by atoms with Gasteiger partial charge in [0.05, 0.1) is 0 Å². The number of alkyl carbamates (subject to hydrolysis) is 1. The average molecular weight is 300 g/mol. The second-order valence-corrected chi connectivity index (χ2v) is 6.61. The molecule has 6 nitrogen and oxygen atoms in total. The molecule has 0 radical (unpaired) electrons.